The van der Waals surface area contributed by atoms with E-state index in [0.717, 1.165) is 16.8 Å². The molecule has 16 heavy (non-hydrogen) atoms. The molecule has 3 nitrogen and oxygen atoms in total. The fourth-order valence-electron chi connectivity index (χ4n) is 1.43. The molecular weight excluding hydrogens is 202 g/mol. The first-order valence-electron chi connectivity index (χ1n) is 5.10. The summed E-state index contributed by atoms with van der Waals surface area (Å²) in [5, 5.41) is 2.76. The van der Waals surface area contributed by atoms with Crippen molar-refractivity contribution < 1.29 is 9.59 Å². The Kier molecular flexibility index (Phi) is 4.03. The molecule has 0 unspecified atom stereocenters. The lowest BCUT2D eigenvalue weighted by Gasteiger charge is -2.08. The van der Waals surface area contributed by atoms with Crippen molar-refractivity contribution in [2.24, 2.45) is 0 Å². The first-order valence-corrected chi connectivity index (χ1v) is 5.10. The molecule has 0 heterocycles. The van der Waals surface area contributed by atoms with Crippen molar-refractivity contribution in [3.8, 4) is 0 Å². The van der Waals surface area contributed by atoms with Gasteiger partial charge in [0.15, 0.2) is 0 Å². The molecular formula is C13H15NO2. The van der Waals surface area contributed by atoms with E-state index in [1.54, 1.807) is 12.9 Å². The monoisotopic (exact) mass is 217 g/mol. The summed E-state index contributed by atoms with van der Waals surface area (Å²) in [5.41, 5.74) is 3.36. The molecule has 0 aliphatic carbocycles. The van der Waals surface area contributed by atoms with Gasteiger partial charge in [-0.2, -0.15) is 0 Å². The maximum Gasteiger partial charge on any atom is 0.229 e. The van der Waals surface area contributed by atoms with E-state index < -0.39 is 0 Å². The van der Waals surface area contributed by atoms with Crippen LogP contribution in [0.5, 0.6) is 0 Å². The number of hydrogen-bond donors (Lipinski definition) is 1. The van der Waals surface area contributed by atoms with E-state index in [9.17, 15) is 9.59 Å². The fourth-order valence-corrected chi connectivity index (χ4v) is 1.43. The normalized spacial score (nSPS) is 9.44. The minimum Gasteiger partial charge on any atom is -0.326 e. The minimum atomic E-state index is -0.187. The largest absolute Gasteiger partial charge is 0.326 e. The van der Waals surface area contributed by atoms with Crippen molar-refractivity contribution in [1.29, 1.82) is 0 Å². The van der Waals surface area contributed by atoms with Gasteiger partial charge >= 0.3 is 0 Å². The number of hydrogen-bond acceptors (Lipinski definition) is 2. The molecule has 1 aromatic rings. The molecule has 1 rings (SSSR count). The van der Waals surface area contributed by atoms with Crippen LogP contribution in [-0.2, 0) is 9.59 Å². The second-order valence-electron chi connectivity index (χ2n) is 3.93. The molecule has 0 aliphatic heterocycles. The van der Waals surface area contributed by atoms with Crippen LogP contribution in [0.4, 0.5) is 5.69 Å². The topological polar surface area (TPSA) is 46.2 Å². The number of carbonyl (C=O) groups is 1. The molecule has 1 N–H and O–H groups in total. The Morgan fingerprint density at radius 2 is 2.06 bits per heavy atom. The summed E-state index contributed by atoms with van der Waals surface area (Å²) in [6, 6.07) is 5.80. The van der Waals surface area contributed by atoms with Crippen molar-refractivity contribution >= 4 is 17.5 Å². The average molecular weight is 217 g/mol. The van der Waals surface area contributed by atoms with Gasteiger partial charge in [0.25, 0.3) is 0 Å². The number of rotatable bonds is 3. The number of amides is 1. The average Bonchev–Trinajstić information content (AvgIpc) is 2.22. The summed E-state index contributed by atoms with van der Waals surface area (Å²) in [7, 11) is 0. The van der Waals surface area contributed by atoms with Crippen LogP contribution in [0.3, 0.4) is 0 Å². The molecule has 0 aliphatic rings. The molecule has 0 saturated carbocycles. The highest BCUT2D eigenvalue weighted by Gasteiger charge is 2.05. The Balaban J connectivity index is 2.74. The molecule has 0 atom stereocenters. The first-order chi connectivity index (χ1) is 7.52. The summed E-state index contributed by atoms with van der Waals surface area (Å²) >= 11 is 0. The van der Waals surface area contributed by atoms with Crippen molar-refractivity contribution in [2.45, 2.75) is 27.2 Å². The molecule has 0 spiro atoms. The molecule has 0 aromatic heterocycles. The third-order valence-electron chi connectivity index (χ3n) is 2.26. The highest BCUT2D eigenvalue weighted by Crippen LogP contribution is 2.16. The third-order valence-corrected chi connectivity index (χ3v) is 2.26. The Hall–Kier alpha value is -1.86. The van der Waals surface area contributed by atoms with Crippen LogP contribution in [0.1, 0.15) is 24.5 Å². The predicted molar refractivity (Wildman–Crippen MR) is 64.0 cm³/mol. The molecule has 1 aromatic carbocycles. The van der Waals surface area contributed by atoms with Gasteiger partial charge in [-0.3, -0.25) is 4.79 Å². The zero-order chi connectivity index (χ0) is 12.1. The summed E-state index contributed by atoms with van der Waals surface area (Å²) in [5.74, 6) is 1.52. The lowest BCUT2D eigenvalue weighted by molar-refractivity contribution is -0.115. The summed E-state index contributed by atoms with van der Waals surface area (Å²) in [6.45, 7) is 5.53. The zero-order valence-corrected chi connectivity index (χ0v) is 9.76. The van der Waals surface area contributed by atoms with Gasteiger partial charge < -0.3 is 5.32 Å². The molecule has 0 saturated heterocycles. The van der Waals surface area contributed by atoms with Crippen LogP contribution in [0.25, 0.3) is 0 Å². The Labute approximate surface area is 95.2 Å². The van der Waals surface area contributed by atoms with Crippen molar-refractivity contribution in [2.75, 3.05) is 5.32 Å². The van der Waals surface area contributed by atoms with E-state index in [4.69, 9.17) is 0 Å². The van der Waals surface area contributed by atoms with Crippen molar-refractivity contribution in [3.05, 3.63) is 34.9 Å². The summed E-state index contributed by atoms with van der Waals surface area (Å²) in [4.78, 5) is 21.8. The van der Waals surface area contributed by atoms with Gasteiger partial charge in [0.2, 0.25) is 5.91 Å². The Morgan fingerprint density at radius 3 is 2.62 bits per heavy atom. The second-order valence-corrected chi connectivity index (χ2v) is 3.93. The van der Waals surface area contributed by atoms with Gasteiger partial charge in [0.1, 0.15) is 5.94 Å². The number of nitrogens with one attached hydrogen (secondary N) is 1. The van der Waals surface area contributed by atoms with Gasteiger partial charge in [-0.05, 0) is 32.4 Å². The van der Waals surface area contributed by atoms with Crippen LogP contribution in [0.2, 0.25) is 0 Å². The molecule has 0 fully saturated rings. The Morgan fingerprint density at radius 1 is 1.38 bits per heavy atom. The first kappa shape index (κ1) is 12.2. The number of anilines is 1. The van der Waals surface area contributed by atoms with Crippen molar-refractivity contribution in [3.63, 3.8) is 0 Å². The van der Waals surface area contributed by atoms with E-state index in [1.165, 1.54) is 0 Å². The minimum absolute atomic E-state index is 0.0941. The van der Waals surface area contributed by atoms with E-state index in [1.807, 2.05) is 32.0 Å². The van der Waals surface area contributed by atoms with Gasteiger partial charge in [0.05, 0.1) is 6.42 Å². The summed E-state index contributed by atoms with van der Waals surface area (Å²) in [6.07, 6.45) is 0.0941. The molecule has 3 heteroatoms. The van der Waals surface area contributed by atoms with E-state index in [0.29, 0.717) is 5.57 Å². The lowest BCUT2D eigenvalue weighted by Crippen LogP contribution is -2.12. The quantitative estimate of drug-likeness (QED) is 0.790. The zero-order valence-electron chi connectivity index (χ0n) is 9.76. The van der Waals surface area contributed by atoms with E-state index in [2.05, 4.69) is 5.32 Å². The molecule has 1 amide bonds. The number of benzene rings is 1. The van der Waals surface area contributed by atoms with Crippen LogP contribution in [0.15, 0.2) is 23.8 Å². The molecule has 84 valence electrons. The maximum atomic E-state index is 11.5. The standard InChI is InChI=1S/C13H15NO2/c1-9-4-5-12(11(3)6-9)14-13(16)7-10(2)8-15/h4-6H,7H2,1-3H3,(H,14,16). The maximum absolute atomic E-state index is 11.5. The van der Waals surface area contributed by atoms with Crippen molar-refractivity contribution in [1.82, 2.24) is 0 Å². The van der Waals surface area contributed by atoms with E-state index in [-0.39, 0.29) is 12.3 Å². The SMILES string of the molecule is CC(=C=O)CC(=O)Nc1ccc(C)cc1C. The smallest absolute Gasteiger partial charge is 0.229 e. The summed E-state index contributed by atoms with van der Waals surface area (Å²) < 4.78 is 0. The second kappa shape index (κ2) is 5.29. The van der Waals surface area contributed by atoms with Gasteiger partial charge in [0, 0.05) is 11.3 Å². The van der Waals surface area contributed by atoms with Crippen LogP contribution < -0.4 is 5.32 Å². The van der Waals surface area contributed by atoms with E-state index >= 15 is 0 Å². The van der Waals surface area contributed by atoms with Crippen LogP contribution in [0, 0.1) is 13.8 Å². The van der Waals surface area contributed by atoms with Gasteiger partial charge in [-0.25, -0.2) is 4.79 Å². The number of carbonyl (C=O) groups excluding carboxylic acids is 2. The fraction of sp³-hybridized carbons (Fsp3) is 0.308. The van der Waals surface area contributed by atoms with Crippen LogP contribution >= 0.6 is 0 Å². The molecule has 0 bridgehead atoms. The Bertz CT molecular complexity index is 457. The van der Waals surface area contributed by atoms with Gasteiger partial charge in [-0.1, -0.05) is 17.7 Å². The molecule has 0 radical (unpaired) electrons. The van der Waals surface area contributed by atoms with Crippen LogP contribution in [-0.4, -0.2) is 11.8 Å². The lowest BCUT2D eigenvalue weighted by atomic mass is 10.1. The number of aryl methyl sites for hydroxylation is 2. The van der Waals surface area contributed by atoms with Gasteiger partial charge in [-0.15, -0.1) is 0 Å². The third kappa shape index (κ3) is 3.37. The highest BCUT2D eigenvalue weighted by atomic mass is 16.1. The highest BCUT2D eigenvalue weighted by molar-refractivity contribution is 5.93. The predicted octanol–water partition coefficient (Wildman–Crippen LogP) is 2.41.